The first-order valence-corrected chi connectivity index (χ1v) is 9.59. The normalized spacial score (nSPS) is 23.8. The van der Waals surface area contributed by atoms with Crippen molar-refractivity contribution in [2.75, 3.05) is 0 Å². The van der Waals surface area contributed by atoms with Crippen molar-refractivity contribution < 1.29 is 19.8 Å². The number of carboxylic acids is 1. The predicted molar refractivity (Wildman–Crippen MR) is 95.6 cm³/mol. The highest BCUT2D eigenvalue weighted by atomic mass is 35.5. The number of carbonyl (C=O) groups is 2. The molecule has 2 aliphatic heterocycles. The minimum Gasteiger partial charge on any atom is -0.477 e. The average molecular weight is 397 g/mol. The number of benzene rings is 1. The summed E-state index contributed by atoms with van der Waals surface area (Å²) in [4.78, 5) is 30.3. The highest BCUT2D eigenvalue weighted by Crippen LogP contribution is 2.49. The van der Waals surface area contributed by atoms with E-state index in [1.807, 2.05) is 6.07 Å². The number of carbonyl (C=O) groups excluding carboxylic acids is 1. The number of hydrogen-bond donors (Lipinski definition) is 2. The van der Waals surface area contributed by atoms with Crippen molar-refractivity contribution >= 4 is 56.8 Å². The molecule has 0 spiro atoms. The van der Waals surface area contributed by atoms with Crippen molar-refractivity contribution in [3.63, 3.8) is 0 Å². The topological polar surface area (TPSA) is 90.7 Å². The molecule has 0 bridgehead atoms. The average Bonchev–Trinajstić information content (AvgIpc) is 3.05. The standard InChI is InChI=1S/C16H13ClN2O4S2/c1-6(20)12-9-5-11(13(15(22)23)19(9)14(12)21)25-16-18-8-4-7(17)2-3-10(8)24-16/h2-4,6,9,12,20H,5H2,1H3,(H,22,23)/t6-,9-,12-/m1/s1. The molecule has 0 unspecified atom stereocenters. The Morgan fingerprint density at radius 1 is 1.52 bits per heavy atom. The molecule has 2 aliphatic rings. The second kappa shape index (κ2) is 5.98. The zero-order chi connectivity index (χ0) is 17.9. The highest BCUT2D eigenvalue weighted by Gasteiger charge is 2.56. The van der Waals surface area contributed by atoms with Crippen LogP contribution in [-0.4, -0.2) is 44.1 Å². The van der Waals surface area contributed by atoms with E-state index in [1.54, 1.807) is 19.1 Å². The van der Waals surface area contributed by atoms with Crippen LogP contribution in [-0.2, 0) is 9.59 Å². The number of thioether (sulfide) groups is 1. The molecule has 2 aromatic rings. The van der Waals surface area contributed by atoms with E-state index in [-0.39, 0.29) is 17.6 Å². The van der Waals surface area contributed by atoms with Crippen LogP contribution in [0.25, 0.3) is 10.2 Å². The van der Waals surface area contributed by atoms with Crippen LogP contribution in [0.4, 0.5) is 0 Å². The lowest BCUT2D eigenvalue weighted by Crippen LogP contribution is -2.61. The summed E-state index contributed by atoms with van der Waals surface area (Å²) in [7, 11) is 0. The van der Waals surface area contributed by atoms with E-state index >= 15 is 0 Å². The van der Waals surface area contributed by atoms with Crippen molar-refractivity contribution in [3.05, 3.63) is 33.8 Å². The molecule has 1 amide bonds. The quantitative estimate of drug-likeness (QED) is 0.772. The summed E-state index contributed by atoms with van der Waals surface area (Å²) in [5, 5.41) is 19.9. The first-order valence-electron chi connectivity index (χ1n) is 7.58. The van der Waals surface area contributed by atoms with Crippen LogP contribution in [0.5, 0.6) is 0 Å². The zero-order valence-electron chi connectivity index (χ0n) is 13.0. The highest BCUT2D eigenvalue weighted by molar-refractivity contribution is 8.04. The fourth-order valence-corrected chi connectivity index (χ4v) is 5.82. The number of fused-ring (bicyclic) bond motifs is 2. The van der Waals surface area contributed by atoms with Crippen molar-refractivity contribution in [2.24, 2.45) is 5.92 Å². The van der Waals surface area contributed by atoms with Gasteiger partial charge in [-0.3, -0.25) is 4.79 Å². The lowest BCUT2D eigenvalue weighted by molar-refractivity contribution is -0.161. The van der Waals surface area contributed by atoms with Crippen molar-refractivity contribution in [1.29, 1.82) is 0 Å². The van der Waals surface area contributed by atoms with E-state index in [2.05, 4.69) is 4.98 Å². The number of amides is 1. The van der Waals surface area contributed by atoms with Crippen molar-refractivity contribution in [1.82, 2.24) is 9.88 Å². The van der Waals surface area contributed by atoms with Crippen molar-refractivity contribution in [2.45, 2.75) is 29.8 Å². The summed E-state index contributed by atoms with van der Waals surface area (Å²) in [5.74, 6) is -2.00. The molecule has 3 heterocycles. The molecule has 2 N–H and O–H groups in total. The largest absolute Gasteiger partial charge is 0.477 e. The fourth-order valence-electron chi connectivity index (χ4n) is 3.35. The number of β-lactam (4-membered cyclic amide) rings is 1. The van der Waals surface area contributed by atoms with Crippen LogP contribution in [0.2, 0.25) is 5.02 Å². The Hall–Kier alpha value is -1.61. The summed E-state index contributed by atoms with van der Waals surface area (Å²) in [5.41, 5.74) is 0.769. The van der Waals surface area contributed by atoms with E-state index in [4.69, 9.17) is 11.6 Å². The van der Waals surface area contributed by atoms with Crippen LogP contribution in [0.1, 0.15) is 13.3 Å². The fraction of sp³-hybridized carbons (Fsp3) is 0.312. The molecule has 130 valence electrons. The monoisotopic (exact) mass is 396 g/mol. The molecule has 1 aromatic heterocycles. The lowest BCUT2D eigenvalue weighted by atomic mass is 9.83. The molecular weight excluding hydrogens is 384 g/mol. The number of halogens is 1. The Labute approximate surface area is 156 Å². The third-order valence-corrected chi connectivity index (χ3v) is 6.87. The number of aromatic nitrogens is 1. The van der Waals surface area contributed by atoms with Gasteiger partial charge in [-0.2, -0.15) is 0 Å². The van der Waals surface area contributed by atoms with Crippen molar-refractivity contribution in [3.8, 4) is 0 Å². The Kier molecular flexibility index (Phi) is 4.03. The first kappa shape index (κ1) is 16.8. The van der Waals surface area contributed by atoms with Gasteiger partial charge in [-0.25, -0.2) is 9.78 Å². The van der Waals surface area contributed by atoms with Crippen LogP contribution >= 0.6 is 34.7 Å². The van der Waals surface area contributed by atoms with E-state index in [0.29, 0.717) is 20.7 Å². The maximum absolute atomic E-state index is 12.2. The number of aliphatic hydroxyl groups is 1. The molecule has 3 atom stereocenters. The number of hydrogen-bond acceptors (Lipinski definition) is 6. The summed E-state index contributed by atoms with van der Waals surface area (Å²) in [6.45, 7) is 1.56. The molecular formula is C16H13ClN2O4S2. The van der Waals surface area contributed by atoms with Gasteiger partial charge >= 0.3 is 5.97 Å². The Morgan fingerprint density at radius 3 is 2.96 bits per heavy atom. The van der Waals surface area contributed by atoms with Gasteiger partial charge in [0.2, 0.25) is 5.91 Å². The van der Waals surface area contributed by atoms with Gasteiger partial charge in [0.05, 0.1) is 28.3 Å². The Bertz CT molecular complexity index is 939. The van der Waals surface area contributed by atoms with Gasteiger partial charge in [0.1, 0.15) is 5.70 Å². The summed E-state index contributed by atoms with van der Waals surface area (Å²) < 4.78 is 1.66. The second-order valence-electron chi connectivity index (χ2n) is 6.02. The Balaban J connectivity index is 1.66. The number of carboxylic acid groups (broad SMARTS) is 1. The second-order valence-corrected chi connectivity index (χ2v) is 8.83. The molecule has 6 nitrogen and oxygen atoms in total. The molecule has 0 saturated carbocycles. The van der Waals surface area contributed by atoms with Gasteiger partial charge in [-0.15, -0.1) is 11.3 Å². The Morgan fingerprint density at radius 2 is 2.28 bits per heavy atom. The van der Waals surface area contributed by atoms with Gasteiger partial charge in [-0.05, 0) is 25.1 Å². The van der Waals surface area contributed by atoms with E-state index in [0.717, 1.165) is 10.2 Å². The third kappa shape index (κ3) is 2.64. The van der Waals surface area contributed by atoms with E-state index in [9.17, 15) is 19.8 Å². The van der Waals surface area contributed by atoms with Crippen LogP contribution in [0.3, 0.4) is 0 Å². The molecule has 1 aromatic carbocycles. The van der Waals surface area contributed by atoms with E-state index in [1.165, 1.54) is 28.0 Å². The maximum Gasteiger partial charge on any atom is 0.353 e. The van der Waals surface area contributed by atoms with Gasteiger partial charge in [-0.1, -0.05) is 23.4 Å². The third-order valence-electron chi connectivity index (χ3n) is 4.43. The predicted octanol–water partition coefficient (Wildman–Crippen LogP) is 2.95. The molecule has 9 heteroatoms. The van der Waals surface area contributed by atoms with E-state index < -0.39 is 18.0 Å². The lowest BCUT2D eigenvalue weighted by Gasteiger charge is -2.44. The van der Waals surface area contributed by atoms with Crippen LogP contribution in [0.15, 0.2) is 33.1 Å². The molecule has 25 heavy (non-hydrogen) atoms. The molecule has 1 saturated heterocycles. The van der Waals surface area contributed by atoms with Crippen LogP contribution < -0.4 is 0 Å². The SMILES string of the molecule is C[C@@H](O)[C@H]1C(=O)N2C(C(=O)O)=C(Sc3nc4cc(Cl)ccc4s3)C[C@H]12. The minimum atomic E-state index is -1.13. The smallest absolute Gasteiger partial charge is 0.353 e. The number of aliphatic hydroxyl groups excluding tert-OH is 1. The molecule has 0 radical (unpaired) electrons. The zero-order valence-corrected chi connectivity index (χ0v) is 15.4. The minimum absolute atomic E-state index is 0.00851. The molecule has 0 aliphatic carbocycles. The van der Waals surface area contributed by atoms with Gasteiger partial charge in [0, 0.05) is 16.3 Å². The summed E-state index contributed by atoms with van der Waals surface area (Å²) in [6.07, 6.45) is -0.373. The van der Waals surface area contributed by atoms with Crippen LogP contribution in [0, 0.1) is 5.92 Å². The number of thiazole rings is 1. The van der Waals surface area contributed by atoms with Gasteiger partial charge < -0.3 is 15.1 Å². The molecule has 1 fully saturated rings. The molecule has 4 rings (SSSR count). The van der Waals surface area contributed by atoms with Gasteiger partial charge in [0.15, 0.2) is 4.34 Å². The first-order chi connectivity index (χ1) is 11.9. The van der Waals surface area contributed by atoms with Gasteiger partial charge in [0.25, 0.3) is 0 Å². The summed E-state index contributed by atoms with van der Waals surface area (Å²) in [6, 6.07) is 5.13. The number of rotatable bonds is 4. The maximum atomic E-state index is 12.2. The summed E-state index contributed by atoms with van der Waals surface area (Å²) >= 11 is 8.69. The number of aliphatic carboxylic acids is 1. The number of nitrogens with zero attached hydrogens (tertiary/aromatic N) is 2.